The molecule has 0 saturated carbocycles. The van der Waals surface area contributed by atoms with Crippen molar-refractivity contribution in [3.63, 3.8) is 0 Å². The summed E-state index contributed by atoms with van der Waals surface area (Å²) < 4.78 is 128. The fourth-order valence-electron chi connectivity index (χ4n) is 10.5. The van der Waals surface area contributed by atoms with Crippen molar-refractivity contribution >= 4 is 58.6 Å². The Kier molecular flexibility index (Phi) is 55.4. The predicted octanol–water partition coefficient (Wildman–Crippen LogP) is -0.879. The number of unbranched alkanes of at least 4 members (excludes halogenated alkanes) is 2. The van der Waals surface area contributed by atoms with E-state index in [0.717, 1.165) is 90.1 Å². The standard InChI is InChI=1S/C22H40N4O3.C16H28N4O3.C9H20NO3.3C7H6N4O.3BF3.3FH/c1-5-7-9-23-11-13-25(19-23)15-22(17-28-4,18-29-21(3)27)16-26-14-12-24(20-26)10-8-6-2;1-15(21)23-12-16(11-22-4,9-19-7-5-17(2)13-19)10-20-8-6-18(3)14-20;1-9(11)13-8-6-10(2,3)5-7-12-4;3*12-7(10-3-1-8-5-10)11-4-2-9-6-11;3*2-1(3)4;;;/h11-14H,5-10,15-20H2,1-4H3;5-8H,9-14H2,1-4H3;5-8H2,1-4H3;3*1-6H;;;;3*1H/q;;+1;;;;;;;;;/p-3. The molecule has 0 fully saturated rings. The summed E-state index contributed by atoms with van der Waals surface area (Å²) in [5.74, 6) is -0.714. The van der Waals surface area contributed by atoms with Crippen LogP contribution in [0.25, 0.3) is 0 Å². The van der Waals surface area contributed by atoms with Gasteiger partial charge >= 0.3 is 58.6 Å². The van der Waals surface area contributed by atoms with Gasteiger partial charge in [-0.05, 0) is 12.8 Å². The van der Waals surface area contributed by atoms with Gasteiger partial charge in [0.25, 0.3) is 0 Å². The second kappa shape index (κ2) is 59.9. The van der Waals surface area contributed by atoms with Gasteiger partial charge in [0.15, 0.2) is 0 Å². The Bertz CT molecular complexity index is 3260. The number of nitrogens with zero attached hydrogens (tertiary/aromatic N) is 21. The normalized spacial score (nSPS) is 12.7. The summed E-state index contributed by atoms with van der Waals surface area (Å²) in [5, 5.41) is 0. The third kappa shape index (κ3) is 47.2. The Balaban J connectivity index is 0. The summed E-state index contributed by atoms with van der Waals surface area (Å²) in [4.78, 5) is 108. The predicted molar refractivity (Wildman–Crippen MR) is 403 cm³/mol. The number of rotatable bonds is 28. The summed E-state index contributed by atoms with van der Waals surface area (Å²) in [6, 6.07) is -0.569. The van der Waals surface area contributed by atoms with Crippen LogP contribution in [0, 0.1) is 10.8 Å². The second-order valence-electron chi connectivity index (χ2n) is 26.1. The molecule has 116 heavy (non-hydrogen) atoms. The van der Waals surface area contributed by atoms with E-state index in [2.05, 4.69) is 134 Å². The first-order chi connectivity index (χ1) is 53.7. The highest BCUT2D eigenvalue weighted by molar-refractivity contribution is 6.33. The molecule has 0 radical (unpaired) electrons. The molecular formula is C68H106B3F12N21O12-2. The number of aromatic nitrogens is 12. The molecule has 10 rings (SSSR count). The van der Waals surface area contributed by atoms with Crippen LogP contribution in [0.15, 0.2) is 162 Å². The minimum Gasteiger partial charge on any atom is -1.00 e. The first kappa shape index (κ1) is 107. The average molecular weight is 1670 g/mol. The Hall–Kier alpha value is -10.8. The molecule has 33 nitrogen and oxygen atoms in total. The number of halogens is 12. The van der Waals surface area contributed by atoms with E-state index in [1.807, 2.05) is 26.5 Å². The molecule has 6 aromatic heterocycles. The molecule has 0 spiro atoms. The summed E-state index contributed by atoms with van der Waals surface area (Å²) in [5.41, 5.74) is -0.581. The fraction of sp³-hybridized carbons (Fsp3) is 0.529. The topological polar surface area (TPSA) is 291 Å². The molecule has 0 aromatic carbocycles. The van der Waals surface area contributed by atoms with Gasteiger partial charge in [-0.2, -0.15) is 0 Å². The maximum atomic E-state index is 11.6. The lowest BCUT2D eigenvalue weighted by Crippen LogP contribution is -3.00. The number of imidazole rings is 6. The van der Waals surface area contributed by atoms with Crippen molar-refractivity contribution in [1.29, 1.82) is 0 Å². The van der Waals surface area contributed by atoms with Gasteiger partial charge < -0.3 is 86.2 Å². The van der Waals surface area contributed by atoms with E-state index in [1.165, 1.54) is 112 Å². The van der Waals surface area contributed by atoms with Gasteiger partial charge in [0.2, 0.25) is 0 Å². The van der Waals surface area contributed by atoms with E-state index in [9.17, 15) is 67.6 Å². The third-order valence-corrected chi connectivity index (χ3v) is 15.6. The minimum atomic E-state index is -3.67. The number of hydrogen-bond donors (Lipinski definition) is 0. The zero-order valence-electron chi connectivity index (χ0n) is 67.1. The van der Waals surface area contributed by atoms with Crippen LogP contribution in [0.3, 0.4) is 0 Å². The molecule has 10 heterocycles. The van der Waals surface area contributed by atoms with Crippen molar-refractivity contribution in [3.8, 4) is 0 Å². The van der Waals surface area contributed by atoms with E-state index in [4.69, 9.17) is 28.4 Å². The highest BCUT2D eigenvalue weighted by Crippen LogP contribution is 2.28. The van der Waals surface area contributed by atoms with Gasteiger partial charge in [-0.25, -0.2) is 44.3 Å². The molecule has 4 aliphatic heterocycles. The Morgan fingerprint density at radius 3 is 0.845 bits per heavy atom. The Morgan fingerprint density at radius 2 is 0.629 bits per heavy atom. The molecule has 0 atom stereocenters. The van der Waals surface area contributed by atoms with E-state index in [0.29, 0.717) is 33.0 Å². The van der Waals surface area contributed by atoms with Crippen LogP contribution < -0.4 is 14.1 Å². The molecule has 0 amide bonds. The van der Waals surface area contributed by atoms with Gasteiger partial charge in [-0.1, -0.05) is 26.7 Å². The van der Waals surface area contributed by atoms with Crippen LogP contribution in [-0.4, -0.2) is 328 Å². The van der Waals surface area contributed by atoms with Crippen molar-refractivity contribution in [2.45, 2.75) is 60.3 Å². The monoisotopic (exact) mass is 1670 g/mol. The Morgan fingerprint density at radius 1 is 0.379 bits per heavy atom. The summed E-state index contributed by atoms with van der Waals surface area (Å²) in [6.45, 7) is 22.2. The first-order valence-electron chi connectivity index (χ1n) is 35.3. The number of hydrogen-bond acceptors (Lipinski definition) is 26. The Labute approximate surface area is 668 Å². The van der Waals surface area contributed by atoms with Crippen LogP contribution in [0.2, 0.25) is 0 Å². The number of carbonyl (C=O) groups excluding carboxylic acids is 6. The van der Waals surface area contributed by atoms with Gasteiger partial charge in [0, 0.05) is 219 Å². The van der Waals surface area contributed by atoms with Crippen LogP contribution >= 0.6 is 0 Å². The minimum absolute atomic E-state index is 0. The maximum absolute atomic E-state index is 11.6. The van der Waals surface area contributed by atoms with Crippen LogP contribution in [-0.2, 0) is 42.8 Å². The lowest BCUT2D eigenvalue weighted by atomic mass is 9.88. The number of carbonyl (C=O) groups is 6. The van der Waals surface area contributed by atoms with E-state index in [1.54, 1.807) is 95.7 Å². The van der Waals surface area contributed by atoms with Gasteiger partial charge in [0.1, 0.15) is 70.9 Å². The van der Waals surface area contributed by atoms with E-state index >= 15 is 0 Å². The molecule has 650 valence electrons. The highest BCUT2D eigenvalue weighted by Gasteiger charge is 2.39. The van der Waals surface area contributed by atoms with Gasteiger partial charge in [-0.15, -0.1) is 0 Å². The molecule has 6 aromatic rings. The SMILES string of the molecule is CCCCN1C=CN(CC(COC)(COC(C)=O)CN2C=CN(CCCC)C2)C1.COCC(COC(C)=O)(CN1C=CN(C)C1)CN1C=CN(C)C1.COCC[N+](C)(C)CCOC(C)=O.FB(F)F.FB(F)F.FB(F)F.O=C(n1ccnc1)n1ccnc1.O=C(n1ccnc1)n1ccnc1.O=C(n1ccnc1)n1ccnc1.[F-].[F-].[F-]. The molecule has 0 aliphatic carbocycles. The molecule has 4 aliphatic rings. The van der Waals surface area contributed by atoms with Crippen molar-refractivity contribution in [3.05, 3.63) is 162 Å². The first-order valence-corrected chi connectivity index (χ1v) is 35.3. The number of ether oxygens (including phenoxy) is 6. The highest BCUT2D eigenvalue weighted by atomic mass is 19.4. The second-order valence-corrected chi connectivity index (χ2v) is 26.1. The molecule has 0 unspecified atom stereocenters. The fourth-order valence-corrected chi connectivity index (χ4v) is 10.5. The largest absolute Gasteiger partial charge is 1.00 e. The zero-order valence-corrected chi connectivity index (χ0v) is 67.1. The molecular weight excluding hydrogens is 1560 g/mol. The van der Waals surface area contributed by atoms with Crippen LogP contribution in [0.1, 0.15) is 60.3 Å². The number of quaternary nitrogens is 1. The molecule has 0 N–H and O–H groups in total. The van der Waals surface area contributed by atoms with Crippen molar-refractivity contribution < 1.29 is 115 Å². The maximum Gasteiger partial charge on any atom is 0.762 e. The van der Waals surface area contributed by atoms with E-state index < -0.39 is 22.6 Å². The van der Waals surface area contributed by atoms with Crippen LogP contribution in [0.5, 0.6) is 0 Å². The number of esters is 3. The van der Waals surface area contributed by atoms with Crippen molar-refractivity contribution in [2.75, 3.05) is 168 Å². The van der Waals surface area contributed by atoms with Gasteiger partial charge in [-0.3, -0.25) is 80.6 Å². The molecule has 48 heteroatoms. The summed E-state index contributed by atoms with van der Waals surface area (Å²) in [7, 11) is 2.36. The molecule has 0 bridgehead atoms. The van der Waals surface area contributed by atoms with E-state index in [-0.39, 0.29) is 60.9 Å². The smallest absolute Gasteiger partial charge is 0.762 e. The van der Waals surface area contributed by atoms with Crippen molar-refractivity contribution in [1.82, 2.24) is 96.5 Å². The number of likely N-dealkylation sites (N-methyl/N-ethyl adjacent to an activating group) is 1. The zero-order chi connectivity index (χ0) is 84.2. The number of methoxy groups -OCH3 is 3. The lowest BCUT2D eigenvalue weighted by Gasteiger charge is -2.39. The van der Waals surface area contributed by atoms with Gasteiger partial charge in [0.05, 0.1) is 71.4 Å². The summed E-state index contributed by atoms with van der Waals surface area (Å²) >= 11 is 0. The third-order valence-electron chi connectivity index (χ3n) is 15.6. The van der Waals surface area contributed by atoms with Crippen LogP contribution in [0.4, 0.5) is 53.2 Å². The average Bonchev–Trinajstić information content (AvgIpc) is 1.76. The molecule has 0 saturated heterocycles. The quantitative estimate of drug-likeness (QED) is 0.0189. The van der Waals surface area contributed by atoms with Crippen molar-refractivity contribution in [2.24, 2.45) is 10.8 Å². The lowest BCUT2D eigenvalue weighted by molar-refractivity contribution is -0.890. The summed E-state index contributed by atoms with van der Waals surface area (Å²) in [6.07, 6.45) is 49.2.